The van der Waals surface area contributed by atoms with Crippen LogP contribution in [0.4, 0.5) is 4.39 Å². The van der Waals surface area contributed by atoms with Crippen LogP contribution < -0.4 is 5.32 Å². The molecule has 1 heterocycles. The highest BCUT2D eigenvalue weighted by atomic mass is 19.1. The molecule has 4 heteroatoms. The Labute approximate surface area is 153 Å². The number of aryl methyl sites for hydroxylation is 2. The molecule has 0 spiro atoms. The lowest BCUT2D eigenvalue weighted by Crippen LogP contribution is -2.32. The normalized spacial score (nSPS) is 12.2. The van der Waals surface area contributed by atoms with Crippen molar-refractivity contribution in [3.63, 3.8) is 0 Å². The fourth-order valence-corrected chi connectivity index (χ4v) is 2.84. The molecule has 26 heavy (non-hydrogen) atoms. The summed E-state index contributed by atoms with van der Waals surface area (Å²) in [5.74, 6) is -0.585. The number of aromatic nitrogens is 1. The molecule has 0 fully saturated rings. The molecule has 3 rings (SSSR count). The van der Waals surface area contributed by atoms with E-state index in [2.05, 4.69) is 23.3 Å². The molecule has 134 valence electrons. The lowest BCUT2D eigenvalue weighted by atomic mass is 10.0. The van der Waals surface area contributed by atoms with Crippen LogP contribution in [0.3, 0.4) is 0 Å². The second-order valence-electron chi connectivity index (χ2n) is 6.80. The number of pyridine rings is 1. The first-order valence-electron chi connectivity index (χ1n) is 8.88. The van der Waals surface area contributed by atoms with E-state index in [-0.39, 0.29) is 17.8 Å². The number of nitrogens with one attached hydrogen (secondary N) is 1. The minimum Gasteiger partial charge on any atom is -0.350 e. The van der Waals surface area contributed by atoms with Crippen molar-refractivity contribution in [2.24, 2.45) is 0 Å². The summed E-state index contributed by atoms with van der Waals surface area (Å²) in [7, 11) is 0. The van der Waals surface area contributed by atoms with Crippen LogP contribution in [0, 0.1) is 19.7 Å². The molecule has 0 saturated heterocycles. The number of halogens is 1. The first-order valence-corrected chi connectivity index (χ1v) is 8.88. The summed E-state index contributed by atoms with van der Waals surface area (Å²) in [4.78, 5) is 17.4. The van der Waals surface area contributed by atoms with Crippen LogP contribution in [0.25, 0.3) is 22.2 Å². The minimum atomic E-state index is -0.379. The number of carbonyl (C=O) groups excluding carboxylic acids is 1. The van der Waals surface area contributed by atoms with Gasteiger partial charge >= 0.3 is 0 Å². The molecule has 3 aromatic rings. The van der Waals surface area contributed by atoms with Crippen LogP contribution >= 0.6 is 0 Å². The van der Waals surface area contributed by atoms with Gasteiger partial charge in [0.05, 0.1) is 16.8 Å². The molecule has 1 unspecified atom stereocenters. The summed E-state index contributed by atoms with van der Waals surface area (Å²) in [6, 6.07) is 12.3. The lowest BCUT2D eigenvalue weighted by Gasteiger charge is -2.14. The van der Waals surface area contributed by atoms with Gasteiger partial charge in [-0.25, -0.2) is 9.37 Å². The lowest BCUT2D eigenvalue weighted by molar-refractivity contribution is 0.0941. The Morgan fingerprint density at radius 3 is 2.58 bits per heavy atom. The molecule has 0 bridgehead atoms. The summed E-state index contributed by atoms with van der Waals surface area (Å²) < 4.78 is 13.8. The highest BCUT2D eigenvalue weighted by Gasteiger charge is 2.16. The zero-order valence-electron chi connectivity index (χ0n) is 15.6. The Hall–Kier alpha value is -2.75. The number of fused-ring (bicyclic) bond motifs is 1. The number of amides is 1. The molecule has 1 amide bonds. The number of benzene rings is 2. The maximum atomic E-state index is 13.8. The van der Waals surface area contributed by atoms with Crippen LogP contribution in [0.2, 0.25) is 0 Å². The van der Waals surface area contributed by atoms with Gasteiger partial charge in [-0.1, -0.05) is 19.1 Å². The van der Waals surface area contributed by atoms with Crippen molar-refractivity contribution in [1.29, 1.82) is 0 Å². The second kappa shape index (κ2) is 7.24. The summed E-state index contributed by atoms with van der Waals surface area (Å²) in [6.07, 6.45) is 0.827. The highest BCUT2D eigenvalue weighted by molar-refractivity contribution is 6.07. The smallest absolute Gasteiger partial charge is 0.252 e. The molecule has 0 saturated carbocycles. The summed E-state index contributed by atoms with van der Waals surface area (Å²) in [6.45, 7) is 8.06. The number of hydrogen-bond donors (Lipinski definition) is 1. The van der Waals surface area contributed by atoms with Gasteiger partial charge in [0.2, 0.25) is 0 Å². The Morgan fingerprint density at radius 1 is 1.12 bits per heavy atom. The van der Waals surface area contributed by atoms with Crippen molar-refractivity contribution >= 4 is 16.8 Å². The number of nitrogens with zero attached hydrogens (tertiary/aromatic N) is 1. The topological polar surface area (TPSA) is 42.0 Å². The van der Waals surface area contributed by atoms with Gasteiger partial charge in [0.1, 0.15) is 5.82 Å². The second-order valence-corrected chi connectivity index (χ2v) is 6.80. The van der Waals surface area contributed by atoms with Crippen LogP contribution in [-0.4, -0.2) is 16.9 Å². The van der Waals surface area contributed by atoms with Crippen LogP contribution in [0.5, 0.6) is 0 Å². The number of rotatable bonds is 4. The molecule has 1 N–H and O–H groups in total. The Kier molecular flexibility index (Phi) is 5.03. The molecule has 2 aromatic carbocycles. The van der Waals surface area contributed by atoms with E-state index in [9.17, 15) is 9.18 Å². The summed E-state index contributed by atoms with van der Waals surface area (Å²) in [5.41, 5.74) is 5.07. The Balaban J connectivity index is 2.18. The van der Waals surface area contributed by atoms with E-state index in [1.54, 1.807) is 12.1 Å². The summed E-state index contributed by atoms with van der Waals surface area (Å²) in [5, 5.41) is 3.49. The van der Waals surface area contributed by atoms with Gasteiger partial charge in [0.25, 0.3) is 5.91 Å². The first kappa shape index (κ1) is 18.1. The molecule has 0 aliphatic heterocycles. The van der Waals surface area contributed by atoms with Gasteiger partial charge in [-0.2, -0.15) is 0 Å². The number of hydrogen-bond acceptors (Lipinski definition) is 2. The van der Waals surface area contributed by atoms with E-state index in [1.165, 1.54) is 17.7 Å². The minimum absolute atomic E-state index is 0.0457. The Bertz CT molecular complexity index is 981. The largest absolute Gasteiger partial charge is 0.350 e. The molecule has 0 aliphatic carbocycles. The monoisotopic (exact) mass is 350 g/mol. The molecular weight excluding hydrogens is 327 g/mol. The van der Waals surface area contributed by atoms with E-state index < -0.39 is 0 Å². The van der Waals surface area contributed by atoms with Crippen LogP contribution in [0.1, 0.15) is 41.8 Å². The average Bonchev–Trinajstić information content (AvgIpc) is 2.62. The van der Waals surface area contributed by atoms with E-state index in [0.717, 1.165) is 17.5 Å². The Morgan fingerprint density at radius 2 is 1.88 bits per heavy atom. The van der Waals surface area contributed by atoms with E-state index in [4.69, 9.17) is 0 Å². The van der Waals surface area contributed by atoms with Gasteiger partial charge in [-0.05, 0) is 68.7 Å². The van der Waals surface area contributed by atoms with E-state index >= 15 is 0 Å². The van der Waals surface area contributed by atoms with Crippen molar-refractivity contribution in [2.75, 3.05) is 0 Å². The van der Waals surface area contributed by atoms with Crippen molar-refractivity contribution in [3.8, 4) is 11.3 Å². The average molecular weight is 350 g/mol. The fourth-order valence-electron chi connectivity index (χ4n) is 2.84. The van der Waals surface area contributed by atoms with Gasteiger partial charge < -0.3 is 5.32 Å². The van der Waals surface area contributed by atoms with Crippen molar-refractivity contribution in [1.82, 2.24) is 10.3 Å². The quantitative estimate of drug-likeness (QED) is 0.704. The van der Waals surface area contributed by atoms with Gasteiger partial charge in [0.15, 0.2) is 0 Å². The third kappa shape index (κ3) is 3.59. The summed E-state index contributed by atoms with van der Waals surface area (Å²) >= 11 is 0. The molecule has 3 nitrogen and oxygen atoms in total. The number of carbonyl (C=O) groups is 1. The molecular formula is C22H23FN2O. The van der Waals surface area contributed by atoms with Crippen molar-refractivity contribution in [2.45, 2.75) is 40.2 Å². The maximum absolute atomic E-state index is 13.8. The van der Waals surface area contributed by atoms with Crippen molar-refractivity contribution < 1.29 is 9.18 Å². The van der Waals surface area contributed by atoms with Crippen LogP contribution in [-0.2, 0) is 0 Å². The highest BCUT2D eigenvalue weighted by Crippen LogP contribution is 2.27. The maximum Gasteiger partial charge on any atom is 0.252 e. The SMILES string of the molecule is CCC(C)NC(=O)c1cc(-c2ccc(C)c(C)c2)nc2ccc(F)cc12. The third-order valence-electron chi connectivity index (χ3n) is 4.81. The van der Waals surface area contributed by atoms with Crippen molar-refractivity contribution in [3.05, 3.63) is 65.0 Å². The van der Waals surface area contributed by atoms with Crippen LogP contribution in [0.15, 0.2) is 42.5 Å². The van der Waals surface area contributed by atoms with E-state index in [0.29, 0.717) is 22.2 Å². The van der Waals surface area contributed by atoms with Gasteiger partial charge in [0, 0.05) is 17.0 Å². The first-order chi connectivity index (χ1) is 12.4. The molecule has 1 atom stereocenters. The predicted octanol–water partition coefficient (Wildman–Crippen LogP) is 5.19. The third-order valence-corrected chi connectivity index (χ3v) is 4.81. The fraction of sp³-hybridized carbons (Fsp3) is 0.273. The molecule has 1 aromatic heterocycles. The zero-order chi connectivity index (χ0) is 18.8. The molecule has 0 aliphatic rings. The van der Waals surface area contributed by atoms with E-state index in [1.807, 2.05) is 32.9 Å². The standard InChI is InChI=1S/C22H23FN2O/c1-5-15(4)24-22(26)19-12-21(16-7-6-13(2)14(3)10-16)25-20-9-8-17(23)11-18(19)20/h6-12,15H,5H2,1-4H3,(H,24,26). The van der Waals surface area contributed by atoms with Gasteiger partial charge in [-0.3, -0.25) is 4.79 Å². The molecule has 0 radical (unpaired) electrons. The zero-order valence-corrected chi connectivity index (χ0v) is 15.6. The predicted molar refractivity (Wildman–Crippen MR) is 104 cm³/mol. The van der Waals surface area contributed by atoms with Gasteiger partial charge in [-0.15, -0.1) is 0 Å².